The molecule has 11 heteroatoms. The van der Waals surface area contributed by atoms with Gasteiger partial charge in [-0.2, -0.15) is 0 Å². The minimum absolute atomic E-state index is 0.0459. The highest BCUT2D eigenvalue weighted by Gasteiger charge is 2.37. The molecule has 2 aliphatic heterocycles. The molecule has 4 heterocycles. The Kier molecular flexibility index (Phi) is 6.04. The molecule has 2 aliphatic rings. The first-order valence-corrected chi connectivity index (χ1v) is 12.3. The minimum atomic E-state index is -0.714. The molecule has 0 aliphatic carbocycles. The maximum atomic E-state index is 14.1. The van der Waals surface area contributed by atoms with E-state index >= 15 is 0 Å². The summed E-state index contributed by atoms with van der Waals surface area (Å²) in [7, 11) is 0. The van der Waals surface area contributed by atoms with Crippen molar-refractivity contribution in [2.75, 3.05) is 29.4 Å². The summed E-state index contributed by atoms with van der Waals surface area (Å²) in [6, 6.07) is 2.94. The average molecular weight is 513 g/mol. The molecule has 5 rings (SSSR count). The molecule has 0 N–H and O–H groups in total. The first-order chi connectivity index (χ1) is 17.4. The lowest BCUT2D eigenvalue weighted by molar-refractivity contribution is -0.122. The smallest absolute Gasteiger partial charge is 0.410 e. The molecule has 2 fully saturated rings. The van der Waals surface area contributed by atoms with Gasteiger partial charge in [-0.15, -0.1) is 0 Å². The summed E-state index contributed by atoms with van der Waals surface area (Å²) in [5.41, 5.74) is 0.663. The van der Waals surface area contributed by atoms with E-state index in [1.54, 1.807) is 20.6 Å². The number of rotatable bonds is 3. The lowest BCUT2D eigenvalue weighted by Gasteiger charge is -2.45. The van der Waals surface area contributed by atoms with Crippen LogP contribution in [0.1, 0.15) is 41.0 Å². The monoisotopic (exact) mass is 512 g/mol. The number of carbonyl (C=O) groups excluding carboxylic acids is 2. The number of carbonyl (C=O) groups is 2. The Hall–Kier alpha value is -3.76. The second kappa shape index (κ2) is 8.97. The number of halogens is 2. The van der Waals surface area contributed by atoms with Gasteiger partial charge in [0.05, 0.1) is 16.8 Å². The van der Waals surface area contributed by atoms with Gasteiger partial charge < -0.3 is 19.4 Å². The summed E-state index contributed by atoms with van der Waals surface area (Å²) in [5.74, 6) is -0.879. The lowest BCUT2D eigenvalue weighted by atomic mass is 10.1. The molecule has 2 aromatic heterocycles. The first kappa shape index (κ1) is 24.9. The van der Waals surface area contributed by atoms with E-state index in [0.717, 1.165) is 6.07 Å². The van der Waals surface area contributed by atoms with Crippen LogP contribution in [0.4, 0.5) is 25.1 Å². The van der Waals surface area contributed by atoms with Gasteiger partial charge in [0.2, 0.25) is 5.91 Å². The van der Waals surface area contributed by atoms with E-state index in [1.807, 2.05) is 34.6 Å². The van der Waals surface area contributed by atoms with Crippen LogP contribution in [0, 0.1) is 11.6 Å². The molecule has 0 saturated carbocycles. The van der Waals surface area contributed by atoms with Crippen LogP contribution in [0.15, 0.2) is 30.7 Å². The van der Waals surface area contributed by atoms with Gasteiger partial charge in [0, 0.05) is 50.4 Å². The number of nitrogens with zero attached hydrogens (tertiary/aromatic N) is 6. The van der Waals surface area contributed by atoms with Gasteiger partial charge in [-0.3, -0.25) is 9.36 Å². The van der Waals surface area contributed by atoms with Gasteiger partial charge in [-0.1, -0.05) is 0 Å². The molecule has 196 valence electrons. The van der Waals surface area contributed by atoms with E-state index in [2.05, 4.69) is 14.9 Å². The summed E-state index contributed by atoms with van der Waals surface area (Å²) < 4.78 is 35.4. The molecule has 0 unspecified atom stereocenters. The number of aromatic nitrogens is 3. The maximum absolute atomic E-state index is 14.1. The second-order valence-corrected chi connectivity index (χ2v) is 10.7. The Labute approximate surface area is 213 Å². The summed E-state index contributed by atoms with van der Waals surface area (Å²) in [5, 5.41) is 0.616. The van der Waals surface area contributed by atoms with Crippen molar-refractivity contribution in [2.24, 2.45) is 0 Å². The van der Waals surface area contributed by atoms with Crippen LogP contribution in [0.2, 0.25) is 0 Å². The van der Waals surface area contributed by atoms with Crippen LogP contribution < -0.4 is 9.80 Å². The lowest BCUT2D eigenvalue weighted by Crippen LogP contribution is -2.59. The topological polar surface area (TPSA) is 83.8 Å². The number of hydrogen-bond acceptors (Lipinski definition) is 6. The molecule has 3 aromatic rings. The van der Waals surface area contributed by atoms with Gasteiger partial charge in [-0.05, 0) is 46.8 Å². The molecule has 2 atom stereocenters. The van der Waals surface area contributed by atoms with Crippen molar-refractivity contribution in [2.45, 2.75) is 58.7 Å². The molecule has 0 radical (unpaired) electrons. The zero-order valence-corrected chi connectivity index (χ0v) is 21.5. The van der Waals surface area contributed by atoms with E-state index in [-0.39, 0.29) is 29.8 Å². The molecule has 9 nitrogen and oxygen atoms in total. The fraction of sp³-hybridized carbons (Fsp3) is 0.462. The fourth-order valence-electron chi connectivity index (χ4n) is 4.89. The number of benzene rings is 1. The Morgan fingerprint density at radius 3 is 2.35 bits per heavy atom. The van der Waals surface area contributed by atoms with Gasteiger partial charge in [0.1, 0.15) is 29.4 Å². The largest absolute Gasteiger partial charge is 0.444 e. The number of hydrogen-bond donors (Lipinski definition) is 0. The first-order valence-electron chi connectivity index (χ1n) is 12.3. The number of anilines is 2. The van der Waals surface area contributed by atoms with E-state index in [4.69, 9.17) is 4.74 Å². The highest BCUT2D eigenvalue weighted by molar-refractivity contribution is 6.10. The summed E-state index contributed by atoms with van der Waals surface area (Å²) >= 11 is 0. The standard InChI is InChI=1S/C26H30F2N6O3/c1-15-12-33(25(36)37-26(3,4)5)16(2)11-32(15)23-22-20(31-7-6-21(31)35)13-34(24(22)30-14-29-23)19-9-17(27)8-18(28)10-19/h8-10,13-16H,6-7,11-12H2,1-5H3/t15-,16+/m0/s1. The van der Waals surface area contributed by atoms with Crippen molar-refractivity contribution in [1.29, 1.82) is 0 Å². The summed E-state index contributed by atoms with van der Waals surface area (Å²) in [6.07, 6.45) is 3.14. The van der Waals surface area contributed by atoms with Gasteiger partial charge >= 0.3 is 6.09 Å². The fourth-order valence-corrected chi connectivity index (χ4v) is 4.89. The predicted octanol–water partition coefficient (Wildman–Crippen LogP) is 4.27. The highest BCUT2D eigenvalue weighted by Crippen LogP contribution is 2.39. The maximum Gasteiger partial charge on any atom is 0.410 e. The Balaban J connectivity index is 1.58. The minimum Gasteiger partial charge on any atom is -0.444 e. The van der Waals surface area contributed by atoms with Crippen LogP contribution in [0.5, 0.6) is 0 Å². The van der Waals surface area contributed by atoms with E-state index in [0.29, 0.717) is 48.6 Å². The molecule has 1 aromatic carbocycles. The third-order valence-electron chi connectivity index (χ3n) is 6.70. The quantitative estimate of drug-likeness (QED) is 0.488. The van der Waals surface area contributed by atoms with Crippen molar-refractivity contribution < 1.29 is 23.1 Å². The number of piperazine rings is 1. The highest BCUT2D eigenvalue weighted by atomic mass is 19.1. The van der Waals surface area contributed by atoms with Crippen molar-refractivity contribution in [3.05, 3.63) is 42.4 Å². The molecule has 0 spiro atoms. The van der Waals surface area contributed by atoms with Crippen LogP contribution in [0.3, 0.4) is 0 Å². The number of amides is 2. The SMILES string of the molecule is C[C@@H]1CN(c2ncnc3c2c(N2CCC2=O)cn3-c2cc(F)cc(F)c2)[C@@H](C)CN1C(=O)OC(C)(C)C. The molecule has 2 amide bonds. The van der Waals surface area contributed by atoms with Crippen LogP contribution >= 0.6 is 0 Å². The summed E-state index contributed by atoms with van der Waals surface area (Å²) in [6.45, 7) is 10.9. The normalized spacial score (nSPS) is 20.4. The van der Waals surface area contributed by atoms with E-state index < -0.39 is 17.2 Å². The van der Waals surface area contributed by atoms with Crippen molar-refractivity contribution in [3.8, 4) is 5.69 Å². The third kappa shape index (κ3) is 4.58. The number of β-lactam (4-membered cyclic amide) rings is 1. The van der Waals surface area contributed by atoms with Crippen LogP contribution in [0.25, 0.3) is 16.7 Å². The summed E-state index contributed by atoms with van der Waals surface area (Å²) in [4.78, 5) is 39.7. The number of fused-ring (bicyclic) bond motifs is 1. The van der Waals surface area contributed by atoms with E-state index in [1.165, 1.54) is 18.5 Å². The van der Waals surface area contributed by atoms with Crippen LogP contribution in [-0.4, -0.2) is 68.8 Å². The zero-order valence-electron chi connectivity index (χ0n) is 21.5. The van der Waals surface area contributed by atoms with E-state index in [9.17, 15) is 18.4 Å². The van der Waals surface area contributed by atoms with Gasteiger partial charge in [0.15, 0.2) is 5.65 Å². The zero-order chi connectivity index (χ0) is 26.6. The molecule has 37 heavy (non-hydrogen) atoms. The molecular weight excluding hydrogens is 482 g/mol. The predicted molar refractivity (Wildman–Crippen MR) is 135 cm³/mol. The third-order valence-corrected chi connectivity index (χ3v) is 6.70. The molecular formula is C26H30F2N6O3. The molecule has 2 saturated heterocycles. The van der Waals surface area contributed by atoms with Crippen LogP contribution in [-0.2, 0) is 9.53 Å². The van der Waals surface area contributed by atoms with Gasteiger partial charge in [-0.25, -0.2) is 23.5 Å². The molecule has 0 bridgehead atoms. The van der Waals surface area contributed by atoms with Gasteiger partial charge in [0.25, 0.3) is 0 Å². The Morgan fingerprint density at radius 2 is 1.76 bits per heavy atom. The van der Waals surface area contributed by atoms with Crippen molar-refractivity contribution in [3.63, 3.8) is 0 Å². The average Bonchev–Trinajstić information content (AvgIpc) is 3.17. The van der Waals surface area contributed by atoms with Crippen molar-refractivity contribution in [1.82, 2.24) is 19.4 Å². The number of ether oxygens (including phenoxy) is 1. The Morgan fingerprint density at radius 1 is 1.05 bits per heavy atom. The Bertz CT molecular complexity index is 1360. The van der Waals surface area contributed by atoms with Crippen molar-refractivity contribution >= 4 is 34.5 Å². The second-order valence-electron chi connectivity index (χ2n) is 10.7.